The molecule has 3 heteroatoms. The molecule has 0 amide bonds. The maximum absolute atomic E-state index is 3.45. The van der Waals surface area contributed by atoms with Gasteiger partial charge < -0.3 is 5.32 Å². The topological polar surface area (TPSA) is 12.0 Å². The second kappa shape index (κ2) is 5.72. The van der Waals surface area contributed by atoms with E-state index in [2.05, 4.69) is 72.3 Å². The highest BCUT2D eigenvalue weighted by Crippen LogP contribution is 2.31. The Kier molecular flexibility index (Phi) is 4.45. The van der Waals surface area contributed by atoms with Gasteiger partial charge in [-0.25, -0.2) is 0 Å². The second-order valence-corrected chi connectivity index (χ2v) is 7.52. The number of halogens is 1. The van der Waals surface area contributed by atoms with Gasteiger partial charge in [0.15, 0.2) is 0 Å². The molecule has 0 aliphatic rings. The normalized spacial score (nSPS) is 12.7. The average molecular weight is 371 g/mol. The van der Waals surface area contributed by atoms with Crippen LogP contribution in [-0.2, 0) is 0 Å². The average Bonchev–Trinajstić information content (AvgIpc) is 2.69. The molecule has 0 fully saturated rings. The Balaban J connectivity index is 2.51. The van der Waals surface area contributed by atoms with Crippen LogP contribution in [0.1, 0.15) is 33.9 Å². The smallest absolute Gasteiger partial charge is 0.0656 e. The van der Waals surface area contributed by atoms with Crippen LogP contribution in [0.15, 0.2) is 23.6 Å². The molecule has 0 saturated carbocycles. The summed E-state index contributed by atoms with van der Waals surface area (Å²) >= 11 is 4.19. The summed E-state index contributed by atoms with van der Waals surface area (Å²) in [5.41, 5.74) is 6.85. The van der Waals surface area contributed by atoms with Crippen molar-refractivity contribution in [3.63, 3.8) is 0 Å². The van der Waals surface area contributed by atoms with E-state index in [-0.39, 0.29) is 0 Å². The number of hydrogen-bond acceptors (Lipinski definition) is 2. The Morgan fingerprint density at radius 3 is 2.17 bits per heavy atom. The Hall–Kier alpha value is -0.390. The molecule has 1 nitrogen and oxygen atoms in total. The predicted octanol–water partition coefficient (Wildman–Crippen LogP) is 4.59. The number of thiophene rings is 1. The molecule has 0 aliphatic carbocycles. The number of nitrogens with one attached hydrogen (secondary N) is 1. The van der Waals surface area contributed by atoms with Crippen molar-refractivity contribution in [3.8, 4) is 0 Å². The summed E-state index contributed by atoms with van der Waals surface area (Å²) in [6.45, 7) is 6.57. The minimum atomic E-state index is 0.297. The van der Waals surface area contributed by atoms with Crippen LogP contribution in [0.25, 0.3) is 0 Å². The molecule has 0 aliphatic heterocycles. The third kappa shape index (κ3) is 2.78. The molecule has 1 N–H and O–H groups in total. The molecule has 1 atom stereocenters. The fourth-order valence-electron chi connectivity index (χ4n) is 2.60. The minimum absolute atomic E-state index is 0.297. The van der Waals surface area contributed by atoms with Gasteiger partial charge in [0.2, 0.25) is 0 Å². The lowest BCUT2D eigenvalue weighted by atomic mass is 9.91. The first-order chi connectivity index (χ1) is 8.52. The number of rotatable bonds is 3. The zero-order valence-electron chi connectivity index (χ0n) is 11.2. The van der Waals surface area contributed by atoms with E-state index in [0.29, 0.717) is 6.04 Å². The molecular weight excluding hydrogens is 353 g/mol. The van der Waals surface area contributed by atoms with Gasteiger partial charge in [-0.05, 0) is 84.1 Å². The molecular formula is C15H18INS. The molecule has 2 rings (SSSR count). The fraction of sp³-hybridized carbons (Fsp3) is 0.333. The fourth-order valence-corrected chi connectivity index (χ4v) is 4.00. The quantitative estimate of drug-likeness (QED) is 0.779. The van der Waals surface area contributed by atoms with Crippen molar-refractivity contribution >= 4 is 33.9 Å². The minimum Gasteiger partial charge on any atom is -0.309 e. The number of hydrogen-bond donors (Lipinski definition) is 1. The van der Waals surface area contributed by atoms with E-state index in [1.54, 1.807) is 11.3 Å². The van der Waals surface area contributed by atoms with Crippen molar-refractivity contribution in [1.29, 1.82) is 0 Å². The van der Waals surface area contributed by atoms with E-state index in [9.17, 15) is 0 Å². The number of benzene rings is 1. The van der Waals surface area contributed by atoms with E-state index in [4.69, 9.17) is 0 Å². The Morgan fingerprint density at radius 2 is 1.72 bits per heavy atom. The second-order valence-electron chi connectivity index (χ2n) is 4.72. The summed E-state index contributed by atoms with van der Waals surface area (Å²) < 4.78 is 1.34. The third-order valence-electron chi connectivity index (χ3n) is 3.24. The SMILES string of the molecule is CNC(c1csc(I)c1)c1c(C)cc(C)cc1C. The van der Waals surface area contributed by atoms with Crippen LogP contribution in [-0.4, -0.2) is 7.05 Å². The van der Waals surface area contributed by atoms with Gasteiger partial charge >= 0.3 is 0 Å². The Bertz CT molecular complexity index is 536. The zero-order valence-corrected chi connectivity index (χ0v) is 14.1. The first-order valence-electron chi connectivity index (χ1n) is 6.02. The van der Waals surface area contributed by atoms with Crippen LogP contribution in [0.4, 0.5) is 0 Å². The molecule has 0 bridgehead atoms. The first-order valence-corrected chi connectivity index (χ1v) is 7.97. The van der Waals surface area contributed by atoms with E-state index < -0.39 is 0 Å². The number of aryl methyl sites for hydroxylation is 3. The highest BCUT2D eigenvalue weighted by atomic mass is 127. The Morgan fingerprint density at radius 1 is 1.11 bits per heavy atom. The molecule has 0 spiro atoms. The summed E-state index contributed by atoms with van der Waals surface area (Å²) in [6.07, 6.45) is 0. The maximum atomic E-state index is 3.45. The largest absolute Gasteiger partial charge is 0.309 e. The van der Waals surface area contributed by atoms with Gasteiger partial charge in [-0.2, -0.15) is 0 Å². The van der Waals surface area contributed by atoms with Crippen LogP contribution in [0.5, 0.6) is 0 Å². The van der Waals surface area contributed by atoms with Gasteiger partial charge in [-0.3, -0.25) is 0 Å². The van der Waals surface area contributed by atoms with Crippen molar-refractivity contribution in [2.75, 3.05) is 7.05 Å². The zero-order chi connectivity index (χ0) is 13.3. The lowest BCUT2D eigenvalue weighted by Gasteiger charge is -2.21. The molecule has 1 aromatic carbocycles. The summed E-state index contributed by atoms with van der Waals surface area (Å²) in [5.74, 6) is 0. The first kappa shape index (κ1) is 14.0. The van der Waals surface area contributed by atoms with Crippen molar-refractivity contribution < 1.29 is 0 Å². The summed E-state index contributed by atoms with van der Waals surface area (Å²) in [5, 5.41) is 5.70. The van der Waals surface area contributed by atoms with Gasteiger partial charge in [-0.15, -0.1) is 11.3 Å². The molecule has 0 saturated heterocycles. The van der Waals surface area contributed by atoms with Crippen LogP contribution < -0.4 is 5.32 Å². The predicted molar refractivity (Wildman–Crippen MR) is 88.6 cm³/mol. The molecule has 96 valence electrons. The van der Waals surface area contributed by atoms with Crippen LogP contribution in [0, 0.1) is 23.7 Å². The maximum Gasteiger partial charge on any atom is 0.0656 e. The van der Waals surface area contributed by atoms with Crippen LogP contribution in [0.2, 0.25) is 0 Å². The Labute approximate surface area is 127 Å². The van der Waals surface area contributed by atoms with Crippen LogP contribution >= 0.6 is 33.9 Å². The molecule has 18 heavy (non-hydrogen) atoms. The van der Waals surface area contributed by atoms with Crippen molar-refractivity contribution in [2.45, 2.75) is 26.8 Å². The van der Waals surface area contributed by atoms with E-state index in [0.717, 1.165) is 0 Å². The van der Waals surface area contributed by atoms with Crippen molar-refractivity contribution in [3.05, 3.63) is 54.3 Å². The lowest BCUT2D eigenvalue weighted by molar-refractivity contribution is 0.685. The standard InChI is InChI=1S/C15H18INS/c1-9-5-10(2)14(11(3)6-9)15(17-4)12-7-13(16)18-8-12/h5-8,15,17H,1-4H3. The van der Waals surface area contributed by atoms with Crippen molar-refractivity contribution in [1.82, 2.24) is 5.32 Å². The van der Waals surface area contributed by atoms with Gasteiger partial charge in [-0.1, -0.05) is 17.7 Å². The molecule has 1 heterocycles. The van der Waals surface area contributed by atoms with Gasteiger partial charge in [0.1, 0.15) is 0 Å². The van der Waals surface area contributed by atoms with E-state index in [1.165, 1.54) is 30.7 Å². The third-order valence-corrected chi connectivity index (χ3v) is 5.04. The van der Waals surface area contributed by atoms with Crippen LogP contribution in [0.3, 0.4) is 0 Å². The molecule has 1 aromatic heterocycles. The summed E-state index contributed by atoms with van der Waals surface area (Å²) in [4.78, 5) is 0. The van der Waals surface area contributed by atoms with Gasteiger partial charge in [0.05, 0.1) is 8.93 Å². The van der Waals surface area contributed by atoms with Gasteiger partial charge in [0.25, 0.3) is 0 Å². The molecule has 2 aromatic rings. The highest BCUT2D eigenvalue weighted by molar-refractivity contribution is 14.1. The monoisotopic (exact) mass is 371 g/mol. The highest BCUT2D eigenvalue weighted by Gasteiger charge is 2.17. The van der Waals surface area contributed by atoms with Crippen molar-refractivity contribution in [2.24, 2.45) is 0 Å². The van der Waals surface area contributed by atoms with E-state index >= 15 is 0 Å². The summed E-state index contributed by atoms with van der Waals surface area (Å²) in [7, 11) is 2.04. The van der Waals surface area contributed by atoms with E-state index in [1.807, 2.05) is 7.05 Å². The molecule has 1 unspecified atom stereocenters. The summed E-state index contributed by atoms with van der Waals surface area (Å²) in [6, 6.07) is 7.10. The lowest BCUT2D eigenvalue weighted by Crippen LogP contribution is -2.19. The molecule has 0 radical (unpaired) electrons. The van der Waals surface area contributed by atoms with Gasteiger partial charge in [0, 0.05) is 0 Å².